The molecule has 1 amide bonds. The van der Waals surface area contributed by atoms with E-state index in [4.69, 9.17) is 19.6 Å². The summed E-state index contributed by atoms with van der Waals surface area (Å²) >= 11 is 1.32. The zero-order valence-electron chi connectivity index (χ0n) is 21.7. The molecular formula is C32H26N2O5S. The van der Waals surface area contributed by atoms with Gasteiger partial charge in [0.1, 0.15) is 6.61 Å². The average Bonchev–Trinajstić information content (AvgIpc) is 3.27. The number of hydrogen-bond donors (Lipinski definition) is 1. The quantitative estimate of drug-likeness (QED) is 0.222. The van der Waals surface area contributed by atoms with E-state index in [1.165, 1.54) is 11.8 Å². The van der Waals surface area contributed by atoms with Gasteiger partial charge in [-0.25, -0.2) is 9.79 Å². The second-order valence-corrected chi connectivity index (χ2v) is 9.76. The molecule has 1 fully saturated rings. The highest BCUT2D eigenvalue weighted by atomic mass is 32.2. The number of benzene rings is 4. The van der Waals surface area contributed by atoms with Crippen LogP contribution in [0.15, 0.2) is 113 Å². The van der Waals surface area contributed by atoms with Gasteiger partial charge in [-0.15, -0.1) is 0 Å². The average molecular weight is 551 g/mol. The Hall–Kier alpha value is -4.82. The Bertz CT molecular complexity index is 1570. The number of carbonyl (C=O) groups excluding carboxylic acids is 1. The first-order valence-electron chi connectivity index (χ1n) is 12.7. The van der Waals surface area contributed by atoms with Gasteiger partial charge in [-0.3, -0.25) is 9.69 Å². The van der Waals surface area contributed by atoms with Crippen LogP contribution in [-0.4, -0.2) is 28.8 Å². The van der Waals surface area contributed by atoms with Gasteiger partial charge in [0.2, 0.25) is 0 Å². The lowest BCUT2D eigenvalue weighted by Gasteiger charge is -2.15. The van der Waals surface area contributed by atoms with Crippen LogP contribution >= 0.6 is 11.8 Å². The number of carboxylic acid groups (broad SMARTS) is 1. The van der Waals surface area contributed by atoms with Gasteiger partial charge in [-0.1, -0.05) is 54.6 Å². The van der Waals surface area contributed by atoms with Gasteiger partial charge in [-0.2, -0.15) is 0 Å². The number of nitrogens with zero attached hydrogens (tertiary/aromatic N) is 2. The monoisotopic (exact) mass is 550 g/mol. The molecule has 0 aliphatic carbocycles. The number of amides is 1. The first kappa shape index (κ1) is 26.8. The first-order valence-corrected chi connectivity index (χ1v) is 13.5. The van der Waals surface area contributed by atoms with E-state index in [-0.39, 0.29) is 18.1 Å². The number of amidine groups is 1. The van der Waals surface area contributed by atoms with Gasteiger partial charge in [0, 0.05) is 0 Å². The number of carbonyl (C=O) groups is 2. The van der Waals surface area contributed by atoms with E-state index in [0.29, 0.717) is 28.2 Å². The second kappa shape index (κ2) is 12.4. The van der Waals surface area contributed by atoms with Crippen molar-refractivity contribution in [2.45, 2.75) is 13.5 Å². The van der Waals surface area contributed by atoms with Crippen LogP contribution < -0.4 is 14.4 Å². The molecule has 8 heteroatoms. The first-order chi connectivity index (χ1) is 19.5. The molecule has 0 unspecified atom stereocenters. The highest BCUT2D eigenvalue weighted by Crippen LogP contribution is 2.38. The SMILES string of the molecule is CCOc1cc(/C=C2/SC(=Nc3ccccc3)N(c3ccccc3)C2=O)ccc1OCc1ccc(C(=O)O)cc1. The number of rotatable bonds is 9. The summed E-state index contributed by atoms with van der Waals surface area (Å²) in [4.78, 5) is 31.6. The minimum atomic E-state index is -0.972. The number of thioether (sulfide) groups is 1. The second-order valence-electron chi connectivity index (χ2n) is 8.75. The van der Waals surface area contributed by atoms with Gasteiger partial charge in [0.15, 0.2) is 16.7 Å². The van der Waals surface area contributed by atoms with E-state index in [9.17, 15) is 9.59 Å². The predicted octanol–water partition coefficient (Wildman–Crippen LogP) is 7.17. The summed E-state index contributed by atoms with van der Waals surface area (Å²) in [7, 11) is 0. The third-order valence-electron chi connectivity index (χ3n) is 5.96. The van der Waals surface area contributed by atoms with Crippen LogP contribution in [0.1, 0.15) is 28.4 Å². The number of hydrogen-bond acceptors (Lipinski definition) is 6. The van der Waals surface area contributed by atoms with E-state index in [0.717, 1.165) is 22.5 Å². The predicted molar refractivity (Wildman–Crippen MR) is 158 cm³/mol. The van der Waals surface area contributed by atoms with E-state index in [1.807, 2.05) is 85.8 Å². The number of aromatic carboxylic acids is 1. The molecule has 1 aliphatic heterocycles. The normalized spacial score (nSPS) is 15.0. The fourth-order valence-electron chi connectivity index (χ4n) is 4.02. The minimum absolute atomic E-state index is 0.158. The summed E-state index contributed by atoms with van der Waals surface area (Å²) in [5.41, 5.74) is 3.34. The molecule has 1 saturated heterocycles. The van der Waals surface area contributed by atoms with Gasteiger partial charge < -0.3 is 14.6 Å². The van der Waals surface area contributed by atoms with Crippen LogP contribution in [0.3, 0.4) is 0 Å². The molecule has 0 atom stereocenters. The number of aliphatic imine (C=N–C) groups is 1. The van der Waals surface area contributed by atoms with Crippen LogP contribution in [0.2, 0.25) is 0 Å². The maximum Gasteiger partial charge on any atom is 0.335 e. The number of para-hydroxylation sites is 2. The maximum absolute atomic E-state index is 13.6. The van der Waals surface area contributed by atoms with E-state index >= 15 is 0 Å². The summed E-state index contributed by atoms with van der Waals surface area (Å²) in [6, 6.07) is 31.1. The largest absolute Gasteiger partial charge is 0.490 e. The van der Waals surface area contributed by atoms with Crippen LogP contribution in [0, 0.1) is 0 Å². The van der Waals surface area contributed by atoms with Crippen molar-refractivity contribution in [1.82, 2.24) is 0 Å². The highest BCUT2D eigenvalue weighted by Gasteiger charge is 2.34. The molecule has 40 heavy (non-hydrogen) atoms. The molecular weight excluding hydrogens is 524 g/mol. The molecule has 1 N–H and O–H groups in total. The standard InChI is InChI=1S/C32H26N2O5S/c1-2-38-28-19-23(15-18-27(28)39-21-22-13-16-24(17-14-22)31(36)37)20-29-30(35)34(26-11-7-4-8-12-26)32(40-29)33-25-9-5-3-6-10-25/h3-20H,2,21H2,1H3,(H,36,37)/b29-20+,33-32?. The Morgan fingerprint density at radius 3 is 2.27 bits per heavy atom. The fraction of sp³-hybridized carbons (Fsp3) is 0.0938. The van der Waals surface area contributed by atoms with Crippen molar-refractivity contribution in [2.75, 3.05) is 11.5 Å². The van der Waals surface area contributed by atoms with Crippen molar-refractivity contribution in [1.29, 1.82) is 0 Å². The number of ether oxygens (including phenoxy) is 2. The number of anilines is 1. The van der Waals surface area contributed by atoms with E-state index in [2.05, 4.69) is 0 Å². The van der Waals surface area contributed by atoms with Crippen LogP contribution in [0.4, 0.5) is 11.4 Å². The molecule has 200 valence electrons. The Morgan fingerprint density at radius 1 is 0.900 bits per heavy atom. The molecule has 4 aromatic carbocycles. The van der Waals surface area contributed by atoms with Crippen LogP contribution in [0.5, 0.6) is 11.5 Å². The molecule has 0 aromatic heterocycles. The maximum atomic E-state index is 13.6. The molecule has 7 nitrogen and oxygen atoms in total. The van der Waals surface area contributed by atoms with Gasteiger partial charge >= 0.3 is 5.97 Å². The minimum Gasteiger partial charge on any atom is -0.490 e. The van der Waals surface area contributed by atoms with Gasteiger partial charge in [-0.05, 0) is 84.4 Å². The Labute approximate surface area is 236 Å². The topological polar surface area (TPSA) is 88.4 Å². The van der Waals surface area contributed by atoms with Crippen molar-refractivity contribution in [2.24, 2.45) is 4.99 Å². The van der Waals surface area contributed by atoms with Crippen LogP contribution in [0.25, 0.3) is 6.08 Å². The third kappa shape index (κ3) is 6.24. The molecule has 0 bridgehead atoms. The van der Waals surface area contributed by atoms with Crippen molar-refractivity contribution >= 4 is 46.3 Å². The zero-order chi connectivity index (χ0) is 27.9. The van der Waals surface area contributed by atoms with Crippen LogP contribution in [-0.2, 0) is 11.4 Å². The van der Waals surface area contributed by atoms with Crippen molar-refractivity contribution < 1.29 is 24.2 Å². The molecule has 0 saturated carbocycles. The smallest absolute Gasteiger partial charge is 0.335 e. The summed E-state index contributed by atoms with van der Waals surface area (Å²) in [5.74, 6) is -0.0319. The van der Waals surface area contributed by atoms with Gasteiger partial charge in [0.25, 0.3) is 5.91 Å². The zero-order valence-corrected chi connectivity index (χ0v) is 22.5. The molecule has 4 aromatic rings. The van der Waals surface area contributed by atoms with Crippen molar-refractivity contribution in [3.63, 3.8) is 0 Å². The van der Waals surface area contributed by atoms with Gasteiger partial charge in [0.05, 0.1) is 28.5 Å². The Kier molecular flexibility index (Phi) is 8.27. The summed E-state index contributed by atoms with van der Waals surface area (Å²) < 4.78 is 11.8. The Balaban J connectivity index is 1.41. The summed E-state index contributed by atoms with van der Waals surface area (Å²) in [6.07, 6.45) is 1.83. The Morgan fingerprint density at radius 2 is 1.60 bits per heavy atom. The molecule has 1 aliphatic rings. The van der Waals surface area contributed by atoms with Crippen molar-refractivity contribution in [3.05, 3.63) is 125 Å². The summed E-state index contributed by atoms with van der Waals surface area (Å²) in [6.45, 7) is 2.58. The van der Waals surface area contributed by atoms with E-state index in [1.54, 1.807) is 35.2 Å². The molecule has 0 spiro atoms. The molecule has 0 radical (unpaired) electrons. The lowest BCUT2D eigenvalue weighted by atomic mass is 10.1. The van der Waals surface area contributed by atoms with Crippen molar-refractivity contribution in [3.8, 4) is 11.5 Å². The highest BCUT2D eigenvalue weighted by molar-refractivity contribution is 8.19. The number of carboxylic acids is 1. The molecule has 5 rings (SSSR count). The molecule has 1 heterocycles. The third-order valence-corrected chi connectivity index (χ3v) is 6.93. The fourth-order valence-corrected chi connectivity index (χ4v) is 5.03. The summed E-state index contributed by atoms with van der Waals surface area (Å²) in [5, 5.41) is 9.67. The lowest BCUT2D eigenvalue weighted by Crippen LogP contribution is -2.28. The lowest BCUT2D eigenvalue weighted by molar-refractivity contribution is -0.113. The van der Waals surface area contributed by atoms with E-state index < -0.39 is 5.97 Å².